The highest BCUT2D eigenvalue weighted by molar-refractivity contribution is 9.10. The normalized spacial score (nSPS) is 10.9. The van der Waals surface area contributed by atoms with Gasteiger partial charge in [-0.3, -0.25) is 10.1 Å². The number of hydrogen-bond acceptors (Lipinski definition) is 3. The number of nitrogens with zero attached hydrogens (tertiary/aromatic N) is 1. The number of nitro groups is 1. The van der Waals surface area contributed by atoms with E-state index in [9.17, 15) is 10.1 Å². The molecule has 1 rings (SSSR count). The fourth-order valence-electron chi connectivity index (χ4n) is 1.68. The molecule has 0 amide bonds. The van der Waals surface area contributed by atoms with Gasteiger partial charge in [0.15, 0.2) is 0 Å². The van der Waals surface area contributed by atoms with Crippen molar-refractivity contribution in [2.75, 3.05) is 6.54 Å². The minimum Gasteiger partial charge on any atom is -0.313 e. The molecule has 0 fully saturated rings. The highest BCUT2D eigenvalue weighted by atomic mass is 79.9. The van der Waals surface area contributed by atoms with Gasteiger partial charge in [-0.1, -0.05) is 19.9 Å². The summed E-state index contributed by atoms with van der Waals surface area (Å²) in [5.74, 6) is 0.723. The van der Waals surface area contributed by atoms with Crippen LogP contribution in [0.25, 0.3) is 0 Å². The fraction of sp³-hybridized carbons (Fsp3) is 0.538. The smallest absolute Gasteiger partial charge is 0.283 e. The molecule has 1 N–H and O–H groups in total. The van der Waals surface area contributed by atoms with Gasteiger partial charge in [-0.25, -0.2) is 0 Å². The molecule has 0 aliphatic heterocycles. The fourth-order valence-corrected chi connectivity index (χ4v) is 2.07. The second kappa shape index (κ2) is 7.48. The van der Waals surface area contributed by atoms with Crippen LogP contribution < -0.4 is 5.32 Å². The lowest BCUT2D eigenvalue weighted by atomic mass is 10.1. The Morgan fingerprint density at radius 1 is 1.44 bits per heavy atom. The number of nitrogens with one attached hydrogen (secondary N) is 1. The van der Waals surface area contributed by atoms with Crippen LogP contribution in [0.2, 0.25) is 0 Å². The van der Waals surface area contributed by atoms with Gasteiger partial charge in [0, 0.05) is 12.6 Å². The summed E-state index contributed by atoms with van der Waals surface area (Å²) < 4.78 is 0.524. The lowest BCUT2D eigenvalue weighted by molar-refractivity contribution is -0.385. The van der Waals surface area contributed by atoms with Gasteiger partial charge in [-0.2, -0.15) is 0 Å². The van der Waals surface area contributed by atoms with Crippen LogP contribution in [0.4, 0.5) is 5.69 Å². The van der Waals surface area contributed by atoms with Crippen molar-refractivity contribution in [2.24, 2.45) is 5.92 Å². The Morgan fingerprint density at radius 2 is 2.17 bits per heavy atom. The lowest BCUT2D eigenvalue weighted by Gasteiger charge is -2.07. The van der Waals surface area contributed by atoms with E-state index in [2.05, 4.69) is 35.1 Å². The van der Waals surface area contributed by atoms with Crippen LogP contribution in [-0.4, -0.2) is 11.5 Å². The first-order valence-electron chi connectivity index (χ1n) is 6.14. The van der Waals surface area contributed by atoms with E-state index in [0.29, 0.717) is 11.0 Å². The molecule has 5 heteroatoms. The summed E-state index contributed by atoms with van der Waals surface area (Å²) in [6.45, 7) is 6.03. The third-order valence-corrected chi connectivity index (χ3v) is 3.34. The summed E-state index contributed by atoms with van der Waals surface area (Å²) in [6.07, 6.45) is 2.34. The molecule has 100 valence electrons. The molecule has 0 aliphatic carbocycles. The Labute approximate surface area is 116 Å². The molecule has 0 atom stereocenters. The van der Waals surface area contributed by atoms with Crippen LogP contribution in [0.5, 0.6) is 0 Å². The molecular weight excluding hydrogens is 296 g/mol. The molecule has 0 bridgehead atoms. The summed E-state index contributed by atoms with van der Waals surface area (Å²) in [7, 11) is 0. The standard InChI is InChI=1S/C13H19BrN2O2/c1-10(2)4-3-7-15-9-11-5-6-12(14)13(8-11)16(17)18/h5-6,8,10,15H,3-4,7,9H2,1-2H3. The molecule has 1 aromatic rings. The van der Waals surface area contributed by atoms with E-state index in [1.54, 1.807) is 12.1 Å². The molecule has 1 aromatic carbocycles. The minimum atomic E-state index is -0.369. The minimum absolute atomic E-state index is 0.122. The van der Waals surface area contributed by atoms with E-state index < -0.39 is 0 Å². The summed E-state index contributed by atoms with van der Waals surface area (Å²) in [6, 6.07) is 5.23. The highest BCUT2D eigenvalue weighted by Gasteiger charge is 2.11. The van der Waals surface area contributed by atoms with Gasteiger partial charge >= 0.3 is 0 Å². The molecule has 0 heterocycles. The van der Waals surface area contributed by atoms with Gasteiger partial charge < -0.3 is 5.32 Å². The maximum Gasteiger partial charge on any atom is 0.283 e. The van der Waals surface area contributed by atoms with Crippen molar-refractivity contribution in [3.05, 3.63) is 38.3 Å². The summed E-state index contributed by atoms with van der Waals surface area (Å²) in [4.78, 5) is 10.4. The van der Waals surface area contributed by atoms with Crippen molar-refractivity contribution in [1.29, 1.82) is 0 Å². The van der Waals surface area contributed by atoms with Crippen LogP contribution in [0.3, 0.4) is 0 Å². The third-order valence-electron chi connectivity index (χ3n) is 2.67. The van der Waals surface area contributed by atoms with E-state index in [1.807, 2.05) is 6.07 Å². The number of hydrogen-bond donors (Lipinski definition) is 1. The van der Waals surface area contributed by atoms with Crippen molar-refractivity contribution in [1.82, 2.24) is 5.32 Å². The highest BCUT2D eigenvalue weighted by Crippen LogP contribution is 2.25. The second-order valence-corrected chi connectivity index (χ2v) is 5.61. The van der Waals surface area contributed by atoms with Gasteiger partial charge in [-0.05, 0) is 52.9 Å². The van der Waals surface area contributed by atoms with Crippen LogP contribution >= 0.6 is 15.9 Å². The Balaban J connectivity index is 2.43. The maximum absolute atomic E-state index is 10.8. The zero-order valence-electron chi connectivity index (χ0n) is 10.8. The van der Waals surface area contributed by atoms with E-state index in [4.69, 9.17) is 0 Å². The maximum atomic E-state index is 10.8. The summed E-state index contributed by atoms with van der Waals surface area (Å²) in [5.41, 5.74) is 1.06. The Kier molecular flexibility index (Phi) is 6.29. The number of rotatable bonds is 7. The van der Waals surface area contributed by atoms with Crippen molar-refractivity contribution in [3.8, 4) is 0 Å². The molecule has 0 saturated heterocycles. The van der Waals surface area contributed by atoms with E-state index in [1.165, 1.54) is 6.42 Å². The van der Waals surface area contributed by atoms with Crippen molar-refractivity contribution < 1.29 is 4.92 Å². The lowest BCUT2D eigenvalue weighted by Crippen LogP contribution is -2.15. The van der Waals surface area contributed by atoms with Crippen molar-refractivity contribution in [2.45, 2.75) is 33.2 Å². The summed E-state index contributed by atoms with van der Waals surface area (Å²) >= 11 is 3.18. The van der Waals surface area contributed by atoms with Crippen molar-refractivity contribution >= 4 is 21.6 Å². The zero-order valence-corrected chi connectivity index (χ0v) is 12.4. The van der Waals surface area contributed by atoms with Crippen LogP contribution in [0.1, 0.15) is 32.3 Å². The monoisotopic (exact) mass is 314 g/mol. The molecular formula is C13H19BrN2O2. The van der Waals surface area contributed by atoms with Gasteiger partial charge in [0.05, 0.1) is 9.40 Å². The number of halogens is 1. The van der Waals surface area contributed by atoms with E-state index in [0.717, 1.165) is 24.4 Å². The Hall–Kier alpha value is -0.940. The topological polar surface area (TPSA) is 55.2 Å². The first kappa shape index (κ1) is 15.1. The predicted molar refractivity (Wildman–Crippen MR) is 76.6 cm³/mol. The molecule has 4 nitrogen and oxygen atoms in total. The summed E-state index contributed by atoms with van der Waals surface area (Å²) in [5, 5.41) is 14.1. The molecule has 0 radical (unpaired) electrons. The average Bonchev–Trinajstić information content (AvgIpc) is 2.30. The molecule has 18 heavy (non-hydrogen) atoms. The zero-order chi connectivity index (χ0) is 13.5. The number of nitro benzene ring substituents is 1. The van der Waals surface area contributed by atoms with E-state index in [-0.39, 0.29) is 10.6 Å². The Morgan fingerprint density at radius 3 is 2.78 bits per heavy atom. The second-order valence-electron chi connectivity index (χ2n) is 4.76. The van der Waals surface area contributed by atoms with E-state index >= 15 is 0 Å². The quantitative estimate of drug-likeness (QED) is 0.472. The number of benzene rings is 1. The van der Waals surface area contributed by atoms with Gasteiger partial charge in [-0.15, -0.1) is 0 Å². The Bertz CT molecular complexity index is 408. The largest absolute Gasteiger partial charge is 0.313 e. The molecule has 0 aliphatic rings. The SMILES string of the molecule is CC(C)CCCNCc1ccc(Br)c([N+](=O)[O-])c1. The van der Waals surface area contributed by atoms with Crippen LogP contribution in [0.15, 0.2) is 22.7 Å². The first-order chi connectivity index (χ1) is 8.50. The predicted octanol–water partition coefficient (Wildman–Crippen LogP) is 3.88. The van der Waals surface area contributed by atoms with Gasteiger partial charge in [0.1, 0.15) is 0 Å². The average molecular weight is 315 g/mol. The molecule has 0 aromatic heterocycles. The first-order valence-corrected chi connectivity index (χ1v) is 6.93. The molecule has 0 spiro atoms. The van der Waals surface area contributed by atoms with Gasteiger partial charge in [0.25, 0.3) is 5.69 Å². The molecule has 0 unspecified atom stereocenters. The third kappa shape index (κ3) is 5.14. The van der Waals surface area contributed by atoms with Crippen LogP contribution in [0, 0.1) is 16.0 Å². The molecule has 0 saturated carbocycles. The van der Waals surface area contributed by atoms with Gasteiger partial charge in [0.2, 0.25) is 0 Å². The van der Waals surface area contributed by atoms with Crippen molar-refractivity contribution in [3.63, 3.8) is 0 Å². The van der Waals surface area contributed by atoms with Crippen LogP contribution in [-0.2, 0) is 6.54 Å².